The maximum absolute atomic E-state index is 8.51. The van der Waals surface area contributed by atoms with Crippen LogP contribution in [0.25, 0.3) is 0 Å². The molecule has 0 radical (unpaired) electrons. The summed E-state index contributed by atoms with van der Waals surface area (Å²) in [6, 6.07) is -0.0694. The highest BCUT2D eigenvalue weighted by molar-refractivity contribution is 4.85. The molecule has 8 heavy (non-hydrogen) atoms. The van der Waals surface area contributed by atoms with Crippen molar-refractivity contribution in [1.82, 2.24) is 0 Å². The molecule has 2 heteroatoms. The molecule has 0 aromatic heterocycles. The van der Waals surface area contributed by atoms with E-state index in [0.717, 1.165) is 0 Å². The number of rotatable bonds is 3. The van der Waals surface area contributed by atoms with Gasteiger partial charge in [0.1, 0.15) is 0 Å². The van der Waals surface area contributed by atoms with Gasteiger partial charge in [0.05, 0.1) is 0 Å². The summed E-state index contributed by atoms with van der Waals surface area (Å²) in [6.07, 6.45) is 1.64. The van der Waals surface area contributed by atoms with Gasteiger partial charge in [0.25, 0.3) is 0 Å². The standard InChI is InChI=1S/C6H13NO/c1-3-6(7)5(2)4-8/h3,5-6,8H,1,4,7H2,2H3. The molecule has 0 saturated carbocycles. The molecular weight excluding hydrogens is 102 g/mol. The average molecular weight is 115 g/mol. The van der Waals surface area contributed by atoms with Crippen LogP contribution in [-0.4, -0.2) is 17.8 Å². The Morgan fingerprint density at radius 1 is 1.88 bits per heavy atom. The molecule has 0 aliphatic rings. The molecule has 0 fully saturated rings. The van der Waals surface area contributed by atoms with Gasteiger partial charge in [-0.2, -0.15) is 0 Å². The van der Waals surface area contributed by atoms with Crippen LogP contribution in [0.2, 0.25) is 0 Å². The van der Waals surface area contributed by atoms with E-state index in [9.17, 15) is 0 Å². The van der Waals surface area contributed by atoms with Crippen LogP contribution in [0.5, 0.6) is 0 Å². The largest absolute Gasteiger partial charge is 0.396 e. The lowest BCUT2D eigenvalue weighted by atomic mass is 10.1. The van der Waals surface area contributed by atoms with Gasteiger partial charge in [-0.25, -0.2) is 0 Å². The van der Waals surface area contributed by atoms with Gasteiger partial charge in [-0.15, -0.1) is 6.58 Å². The SMILES string of the molecule is C=CC(N)C(C)CO. The number of nitrogens with two attached hydrogens (primary N) is 1. The van der Waals surface area contributed by atoms with E-state index in [2.05, 4.69) is 6.58 Å². The Kier molecular flexibility index (Phi) is 3.48. The first-order chi connectivity index (χ1) is 3.72. The number of aliphatic hydroxyl groups is 1. The third-order valence-corrected chi connectivity index (χ3v) is 1.22. The van der Waals surface area contributed by atoms with E-state index in [1.54, 1.807) is 6.08 Å². The lowest BCUT2D eigenvalue weighted by Crippen LogP contribution is -2.27. The van der Waals surface area contributed by atoms with Crippen LogP contribution in [0.4, 0.5) is 0 Å². The predicted molar refractivity (Wildman–Crippen MR) is 34.4 cm³/mol. The van der Waals surface area contributed by atoms with Crippen molar-refractivity contribution in [3.8, 4) is 0 Å². The minimum atomic E-state index is -0.0694. The van der Waals surface area contributed by atoms with Crippen LogP contribution in [0.3, 0.4) is 0 Å². The Morgan fingerprint density at radius 2 is 2.38 bits per heavy atom. The highest BCUT2D eigenvalue weighted by atomic mass is 16.3. The Balaban J connectivity index is 3.44. The Hall–Kier alpha value is -0.340. The topological polar surface area (TPSA) is 46.2 Å². The second-order valence-corrected chi connectivity index (χ2v) is 1.97. The van der Waals surface area contributed by atoms with Crippen LogP contribution in [0.1, 0.15) is 6.92 Å². The molecule has 0 rings (SSSR count). The molecule has 0 heterocycles. The van der Waals surface area contributed by atoms with Gasteiger partial charge in [-0.1, -0.05) is 13.0 Å². The first-order valence-corrected chi connectivity index (χ1v) is 2.71. The Labute approximate surface area is 50.0 Å². The third-order valence-electron chi connectivity index (χ3n) is 1.22. The third kappa shape index (κ3) is 2.09. The fourth-order valence-electron chi connectivity index (χ4n) is 0.354. The lowest BCUT2D eigenvalue weighted by Gasteiger charge is -2.11. The molecule has 0 aliphatic carbocycles. The maximum Gasteiger partial charge on any atom is 0.0474 e. The summed E-state index contributed by atoms with van der Waals surface area (Å²) in [6.45, 7) is 5.51. The summed E-state index contributed by atoms with van der Waals surface area (Å²) >= 11 is 0. The van der Waals surface area contributed by atoms with E-state index in [4.69, 9.17) is 10.8 Å². The first kappa shape index (κ1) is 7.66. The van der Waals surface area contributed by atoms with Crippen LogP contribution in [0, 0.1) is 5.92 Å². The van der Waals surface area contributed by atoms with Gasteiger partial charge in [0.15, 0.2) is 0 Å². The van der Waals surface area contributed by atoms with Gasteiger partial charge in [-0.3, -0.25) is 0 Å². The Bertz CT molecular complexity index is 72.9. The molecule has 0 aliphatic heterocycles. The van der Waals surface area contributed by atoms with E-state index in [-0.39, 0.29) is 18.6 Å². The highest BCUT2D eigenvalue weighted by Gasteiger charge is 2.05. The molecule has 2 unspecified atom stereocenters. The molecule has 0 amide bonds. The maximum atomic E-state index is 8.51. The summed E-state index contributed by atoms with van der Waals surface area (Å²) < 4.78 is 0. The van der Waals surface area contributed by atoms with Crippen molar-refractivity contribution >= 4 is 0 Å². The van der Waals surface area contributed by atoms with Gasteiger partial charge in [-0.05, 0) is 5.92 Å². The molecule has 2 nitrogen and oxygen atoms in total. The second-order valence-electron chi connectivity index (χ2n) is 1.97. The van der Waals surface area contributed by atoms with E-state index >= 15 is 0 Å². The quantitative estimate of drug-likeness (QED) is 0.513. The summed E-state index contributed by atoms with van der Waals surface area (Å²) in [5, 5.41) is 8.51. The zero-order chi connectivity index (χ0) is 6.57. The van der Waals surface area contributed by atoms with Crippen molar-refractivity contribution in [1.29, 1.82) is 0 Å². The number of hydrogen-bond acceptors (Lipinski definition) is 2. The monoisotopic (exact) mass is 115 g/mol. The number of aliphatic hydroxyl groups excluding tert-OH is 1. The lowest BCUT2D eigenvalue weighted by molar-refractivity contribution is 0.228. The van der Waals surface area contributed by atoms with E-state index in [1.165, 1.54) is 0 Å². The van der Waals surface area contributed by atoms with Crippen molar-refractivity contribution in [3.05, 3.63) is 12.7 Å². The minimum absolute atomic E-state index is 0.0694. The van der Waals surface area contributed by atoms with E-state index in [1.807, 2.05) is 6.92 Å². The molecule has 0 saturated heterocycles. The molecule has 0 bridgehead atoms. The molecule has 48 valence electrons. The molecule has 0 aromatic carbocycles. The summed E-state index contributed by atoms with van der Waals surface area (Å²) in [4.78, 5) is 0. The number of hydrogen-bond donors (Lipinski definition) is 2. The Morgan fingerprint density at radius 3 is 2.50 bits per heavy atom. The minimum Gasteiger partial charge on any atom is -0.396 e. The van der Waals surface area contributed by atoms with Gasteiger partial charge in [0, 0.05) is 12.6 Å². The van der Waals surface area contributed by atoms with Crippen LogP contribution in [0.15, 0.2) is 12.7 Å². The average Bonchev–Trinajstić information content (AvgIpc) is 1.84. The van der Waals surface area contributed by atoms with E-state index in [0.29, 0.717) is 0 Å². The van der Waals surface area contributed by atoms with Crippen LogP contribution >= 0.6 is 0 Å². The molecule has 0 spiro atoms. The fourth-order valence-corrected chi connectivity index (χ4v) is 0.354. The summed E-state index contributed by atoms with van der Waals surface area (Å²) in [5.74, 6) is 0.132. The first-order valence-electron chi connectivity index (χ1n) is 2.71. The zero-order valence-corrected chi connectivity index (χ0v) is 5.17. The van der Waals surface area contributed by atoms with Gasteiger partial charge in [0.2, 0.25) is 0 Å². The highest BCUT2D eigenvalue weighted by Crippen LogP contribution is 1.97. The van der Waals surface area contributed by atoms with Crippen LogP contribution in [-0.2, 0) is 0 Å². The molecule has 0 aromatic rings. The van der Waals surface area contributed by atoms with Crippen molar-refractivity contribution in [2.45, 2.75) is 13.0 Å². The summed E-state index contributed by atoms with van der Waals surface area (Å²) in [7, 11) is 0. The predicted octanol–water partition coefficient (Wildman–Crippen LogP) is 0.128. The van der Waals surface area contributed by atoms with E-state index < -0.39 is 0 Å². The van der Waals surface area contributed by atoms with Crippen LogP contribution < -0.4 is 5.73 Å². The second kappa shape index (κ2) is 3.64. The normalized spacial score (nSPS) is 17.4. The molecule has 3 N–H and O–H groups in total. The van der Waals surface area contributed by atoms with Crippen molar-refractivity contribution in [2.24, 2.45) is 11.7 Å². The smallest absolute Gasteiger partial charge is 0.0474 e. The fraction of sp³-hybridized carbons (Fsp3) is 0.667. The summed E-state index contributed by atoms with van der Waals surface area (Å²) in [5.41, 5.74) is 5.45. The van der Waals surface area contributed by atoms with Gasteiger partial charge < -0.3 is 10.8 Å². The van der Waals surface area contributed by atoms with Crippen molar-refractivity contribution in [3.63, 3.8) is 0 Å². The van der Waals surface area contributed by atoms with Crippen molar-refractivity contribution in [2.75, 3.05) is 6.61 Å². The van der Waals surface area contributed by atoms with Gasteiger partial charge >= 0.3 is 0 Å². The van der Waals surface area contributed by atoms with Crippen molar-refractivity contribution < 1.29 is 5.11 Å². The zero-order valence-electron chi connectivity index (χ0n) is 5.17. The molecular formula is C6H13NO. The molecule has 2 atom stereocenters.